The summed E-state index contributed by atoms with van der Waals surface area (Å²) in [6.07, 6.45) is 1.01. The van der Waals surface area contributed by atoms with Crippen molar-refractivity contribution in [1.82, 2.24) is 5.32 Å². The van der Waals surface area contributed by atoms with E-state index in [0.717, 1.165) is 19.6 Å². The van der Waals surface area contributed by atoms with Crippen LogP contribution in [0, 0.1) is 5.92 Å². The molecule has 0 heterocycles. The monoisotopic (exact) mass is 237 g/mol. The summed E-state index contributed by atoms with van der Waals surface area (Å²) in [4.78, 5) is 0. The fraction of sp³-hybridized carbons (Fsp3) is 1.00. The molecule has 15 heavy (non-hydrogen) atoms. The second kappa shape index (κ2) is 10.7. The highest BCUT2D eigenvalue weighted by Crippen LogP contribution is 2.06. The standard InChI is InChI=1S/C11H24ClNO2/c1-10(2)11(4-5-12)13-6-7-15-9-8-14-3/h10-11,13H,4-9H2,1-3H3. The highest BCUT2D eigenvalue weighted by molar-refractivity contribution is 6.17. The molecule has 0 aromatic heterocycles. The van der Waals surface area contributed by atoms with Crippen molar-refractivity contribution < 1.29 is 9.47 Å². The Hall–Kier alpha value is 0.170. The molecule has 0 aliphatic heterocycles. The van der Waals surface area contributed by atoms with Crippen molar-refractivity contribution in [3.8, 4) is 0 Å². The van der Waals surface area contributed by atoms with E-state index in [1.54, 1.807) is 7.11 Å². The van der Waals surface area contributed by atoms with Crippen molar-refractivity contribution in [3.63, 3.8) is 0 Å². The maximum atomic E-state index is 5.73. The molecule has 1 atom stereocenters. The number of nitrogens with one attached hydrogen (secondary N) is 1. The van der Waals surface area contributed by atoms with Crippen LogP contribution in [0.3, 0.4) is 0 Å². The predicted octanol–water partition coefficient (Wildman–Crippen LogP) is 1.89. The number of alkyl halides is 1. The van der Waals surface area contributed by atoms with E-state index >= 15 is 0 Å². The van der Waals surface area contributed by atoms with Gasteiger partial charge in [-0.05, 0) is 12.3 Å². The van der Waals surface area contributed by atoms with Crippen molar-refractivity contribution in [1.29, 1.82) is 0 Å². The molecule has 0 aromatic carbocycles. The first kappa shape index (κ1) is 15.2. The Labute approximate surface area is 98.5 Å². The van der Waals surface area contributed by atoms with E-state index in [0.29, 0.717) is 31.1 Å². The molecule has 0 amide bonds. The average Bonchev–Trinajstić information content (AvgIpc) is 2.21. The number of rotatable bonds is 10. The topological polar surface area (TPSA) is 30.5 Å². The molecule has 0 radical (unpaired) electrons. The largest absolute Gasteiger partial charge is 0.382 e. The third-order valence-corrected chi connectivity index (χ3v) is 2.53. The highest BCUT2D eigenvalue weighted by atomic mass is 35.5. The van der Waals surface area contributed by atoms with E-state index in [4.69, 9.17) is 21.1 Å². The van der Waals surface area contributed by atoms with Crippen LogP contribution in [0.25, 0.3) is 0 Å². The Morgan fingerprint density at radius 2 is 1.93 bits per heavy atom. The smallest absolute Gasteiger partial charge is 0.0700 e. The minimum Gasteiger partial charge on any atom is -0.382 e. The molecule has 1 N–H and O–H groups in total. The Morgan fingerprint density at radius 3 is 2.47 bits per heavy atom. The van der Waals surface area contributed by atoms with Gasteiger partial charge >= 0.3 is 0 Å². The molecule has 4 heteroatoms. The van der Waals surface area contributed by atoms with Gasteiger partial charge in [-0.15, -0.1) is 11.6 Å². The molecule has 0 rings (SSSR count). The summed E-state index contributed by atoms with van der Waals surface area (Å²) >= 11 is 5.73. The molecular formula is C11H24ClNO2. The lowest BCUT2D eigenvalue weighted by atomic mass is 10.0. The lowest BCUT2D eigenvalue weighted by Crippen LogP contribution is -2.36. The minimum absolute atomic E-state index is 0.494. The van der Waals surface area contributed by atoms with Crippen molar-refractivity contribution >= 4 is 11.6 Å². The van der Waals surface area contributed by atoms with Crippen LogP contribution in [0.1, 0.15) is 20.3 Å². The molecular weight excluding hydrogens is 214 g/mol. The van der Waals surface area contributed by atoms with Gasteiger partial charge in [-0.2, -0.15) is 0 Å². The number of halogens is 1. The summed E-state index contributed by atoms with van der Waals surface area (Å²) in [5, 5.41) is 3.45. The first-order valence-electron chi connectivity index (χ1n) is 5.58. The van der Waals surface area contributed by atoms with Crippen molar-refractivity contribution in [2.75, 3.05) is 39.4 Å². The maximum Gasteiger partial charge on any atom is 0.0700 e. The van der Waals surface area contributed by atoms with E-state index in [2.05, 4.69) is 19.2 Å². The SMILES string of the molecule is COCCOCCNC(CCCl)C(C)C. The molecule has 1 unspecified atom stereocenters. The fourth-order valence-corrected chi connectivity index (χ4v) is 1.58. The zero-order valence-electron chi connectivity index (χ0n) is 10.1. The van der Waals surface area contributed by atoms with Crippen molar-refractivity contribution in [2.45, 2.75) is 26.3 Å². The summed E-state index contributed by atoms with van der Waals surface area (Å²) in [5.74, 6) is 1.32. The van der Waals surface area contributed by atoms with Gasteiger partial charge in [0.1, 0.15) is 0 Å². The molecule has 0 aliphatic carbocycles. The van der Waals surface area contributed by atoms with Crippen LogP contribution in [0.2, 0.25) is 0 Å². The quantitative estimate of drug-likeness (QED) is 0.465. The molecule has 0 saturated carbocycles. The molecule has 0 aromatic rings. The van der Waals surface area contributed by atoms with Crippen LogP contribution >= 0.6 is 11.6 Å². The number of hydrogen-bond donors (Lipinski definition) is 1. The first-order valence-corrected chi connectivity index (χ1v) is 6.11. The third-order valence-electron chi connectivity index (χ3n) is 2.31. The number of hydrogen-bond acceptors (Lipinski definition) is 3. The van der Waals surface area contributed by atoms with Gasteiger partial charge in [0.15, 0.2) is 0 Å². The van der Waals surface area contributed by atoms with Crippen LogP contribution in [0.4, 0.5) is 0 Å². The zero-order chi connectivity index (χ0) is 11.5. The van der Waals surface area contributed by atoms with Gasteiger partial charge in [-0.3, -0.25) is 0 Å². The van der Waals surface area contributed by atoms with Gasteiger partial charge in [0.2, 0.25) is 0 Å². The van der Waals surface area contributed by atoms with E-state index < -0.39 is 0 Å². The maximum absolute atomic E-state index is 5.73. The number of ether oxygens (including phenoxy) is 2. The van der Waals surface area contributed by atoms with Crippen LogP contribution in [-0.4, -0.2) is 45.4 Å². The average molecular weight is 238 g/mol. The van der Waals surface area contributed by atoms with Gasteiger partial charge < -0.3 is 14.8 Å². The summed E-state index contributed by atoms with van der Waals surface area (Å²) in [7, 11) is 1.68. The number of methoxy groups -OCH3 is 1. The second-order valence-electron chi connectivity index (χ2n) is 3.89. The Bertz CT molecular complexity index is 134. The normalized spacial score (nSPS) is 13.4. The van der Waals surface area contributed by atoms with Crippen molar-refractivity contribution in [3.05, 3.63) is 0 Å². The Morgan fingerprint density at radius 1 is 1.20 bits per heavy atom. The molecule has 0 fully saturated rings. The summed E-state index contributed by atoms with van der Waals surface area (Å²) in [5.41, 5.74) is 0. The molecule has 0 aliphatic rings. The van der Waals surface area contributed by atoms with Gasteiger partial charge in [0, 0.05) is 25.6 Å². The van der Waals surface area contributed by atoms with E-state index in [1.807, 2.05) is 0 Å². The van der Waals surface area contributed by atoms with Crippen LogP contribution in [0.15, 0.2) is 0 Å². The second-order valence-corrected chi connectivity index (χ2v) is 4.27. The molecule has 0 spiro atoms. The fourth-order valence-electron chi connectivity index (χ4n) is 1.35. The van der Waals surface area contributed by atoms with Gasteiger partial charge in [0.05, 0.1) is 19.8 Å². The third kappa shape index (κ3) is 9.12. The van der Waals surface area contributed by atoms with E-state index in [-0.39, 0.29) is 0 Å². The van der Waals surface area contributed by atoms with Crippen LogP contribution < -0.4 is 5.32 Å². The Balaban J connectivity index is 3.37. The first-order chi connectivity index (χ1) is 7.22. The summed E-state index contributed by atoms with van der Waals surface area (Å²) in [6, 6.07) is 0.494. The zero-order valence-corrected chi connectivity index (χ0v) is 10.8. The van der Waals surface area contributed by atoms with Gasteiger partial charge in [0.25, 0.3) is 0 Å². The molecule has 92 valence electrons. The predicted molar refractivity (Wildman–Crippen MR) is 64.7 cm³/mol. The lowest BCUT2D eigenvalue weighted by molar-refractivity contribution is 0.0704. The van der Waals surface area contributed by atoms with Gasteiger partial charge in [-0.1, -0.05) is 13.8 Å². The molecule has 0 saturated heterocycles. The van der Waals surface area contributed by atoms with Gasteiger partial charge in [-0.25, -0.2) is 0 Å². The van der Waals surface area contributed by atoms with Crippen molar-refractivity contribution in [2.24, 2.45) is 5.92 Å². The van der Waals surface area contributed by atoms with Crippen LogP contribution in [0.5, 0.6) is 0 Å². The highest BCUT2D eigenvalue weighted by Gasteiger charge is 2.10. The summed E-state index contributed by atoms with van der Waals surface area (Å²) < 4.78 is 10.2. The van der Waals surface area contributed by atoms with E-state index in [1.165, 1.54) is 0 Å². The van der Waals surface area contributed by atoms with E-state index in [9.17, 15) is 0 Å². The molecule has 3 nitrogen and oxygen atoms in total. The molecule has 0 bridgehead atoms. The van der Waals surface area contributed by atoms with Crippen LogP contribution in [-0.2, 0) is 9.47 Å². The Kier molecular flexibility index (Phi) is 10.8. The lowest BCUT2D eigenvalue weighted by Gasteiger charge is -2.21. The summed E-state index contributed by atoms with van der Waals surface area (Å²) in [6.45, 7) is 7.35. The minimum atomic E-state index is 0.494.